The van der Waals surface area contributed by atoms with E-state index in [1.54, 1.807) is 12.1 Å². The molecular formula is C24H15ClN2O6. The highest BCUT2D eigenvalue weighted by Crippen LogP contribution is 2.27. The smallest absolute Gasteiger partial charge is 0.339 e. The molecule has 0 unspecified atom stereocenters. The molecular weight excluding hydrogens is 448 g/mol. The maximum atomic E-state index is 13.0. The van der Waals surface area contributed by atoms with Crippen molar-refractivity contribution in [2.24, 2.45) is 0 Å². The Morgan fingerprint density at radius 2 is 1.70 bits per heavy atom. The van der Waals surface area contributed by atoms with Gasteiger partial charge in [-0.25, -0.2) is 9.78 Å². The molecule has 0 radical (unpaired) electrons. The van der Waals surface area contributed by atoms with Crippen molar-refractivity contribution < 1.29 is 23.7 Å². The molecule has 3 aromatic carbocycles. The second kappa shape index (κ2) is 9.46. The number of hydrogen-bond acceptors (Lipinski definition) is 7. The van der Waals surface area contributed by atoms with Crippen molar-refractivity contribution in [3.05, 3.63) is 117 Å². The molecule has 1 heterocycles. The van der Waals surface area contributed by atoms with E-state index in [1.165, 1.54) is 30.5 Å². The zero-order valence-corrected chi connectivity index (χ0v) is 17.7. The van der Waals surface area contributed by atoms with Crippen LogP contribution in [0.25, 0.3) is 11.3 Å². The number of aromatic nitrogens is 1. The molecule has 0 aliphatic rings. The molecule has 9 heteroatoms. The Morgan fingerprint density at radius 3 is 2.42 bits per heavy atom. The SMILES string of the molecule is O=C(OCc1ncc(-c2ccccc2)o1)c1ccccc1C(=O)c1ccc(Cl)c([N+](=O)[O-])c1. The van der Waals surface area contributed by atoms with Gasteiger partial charge in [-0.05, 0) is 18.2 Å². The molecule has 33 heavy (non-hydrogen) atoms. The van der Waals surface area contributed by atoms with Gasteiger partial charge in [0.15, 0.2) is 18.2 Å². The highest BCUT2D eigenvalue weighted by Gasteiger charge is 2.22. The van der Waals surface area contributed by atoms with Crippen molar-refractivity contribution in [2.45, 2.75) is 6.61 Å². The lowest BCUT2D eigenvalue weighted by molar-refractivity contribution is -0.384. The van der Waals surface area contributed by atoms with Gasteiger partial charge in [0.2, 0.25) is 5.89 Å². The fourth-order valence-corrected chi connectivity index (χ4v) is 3.31. The van der Waals surface area contributed by atoms with Crippen molar-refractivity contribution in [3.63, 3.8) is 0 Å². The lowest BCUT2D eigenvalue weighted by Crippen LogP contribution is -2.13. The standard InChI is InChI=1S/C24H15ClN2O6/c25-19-11-10-16(12-20(19)27(30)31)23(28)17-8-4-5-9-18(17)24(29)32-14-22-26-13-21(33-22)15-6-2-1-3-7-15/h1-13H,14H2. The Balaban J connectivity index is 1.52. The van der Waals surface area contributed by atoms with Crippen LogP contribution in [-0.4, -0.2) is 21.7 Å². The number of esters is 1. The van der Waals surface area contributed by atoms with E-state index in [-0.39, 0.29) is 34.2 Å². The quantitative estimate of drug-likeness (QED) is 0.154. The van der Waals surface area contributed by atoms with Gasteiger partial charge in [-0.2, -0.15) is 0 Å². The molecule has 0 atom stereocenters. The molecule has 4 rings (SSSR count). The fraction of sp³-hybridized carbons (Fsp3) is 0.0417. The predicted octanol–water partition coefficient (Wildman–Crippen LogP) is 5.49. The second-order valence-electron chi connectivity index (χ2n) is 6.86. The average molecular weight is 463 g/mol. The van der Waals surface area contributed by atoms with Crippen LogP contribution in [0.15, 0.2) is 83.4 Å². The summed E-state index contributed by atoms with van der Waals surface area (Å²) in [7, 11) is 0. The molecule has 4 aromatic rings. The first-order chi connectivity index (χ1) is 15.9. The number of ketones is 1. The fourth-order valence-electron chi connectivity index (χ4n) is 3.13. The second-order valence-corrected chi connectivity index (χ2v) is 7.27. The minimum Gasteiger partial charge on any atom is -0.452 e. The summed E-state index contributed by atoms with van der Waals surface area (Å²) in [6.45, 7) is -0.236. The average Bonchev–Trinajstić information content (AvgIpc) is 3.32. The molecule has 0 aliphatic heterocycles. The van der Waals surface area contributed by atoms with E-state index >= 15 is 0 Å². The molecule has 0 saturated carbocycles. The number of ether oxygens (including phenoxy) is 1. The number of halogens is 1. The number of nitro benzene ring substituents is 1. The zero-order valence-electron chi connectivity index (χ0n) is 16.9. The number of carbonyl (C=O) groups is 2. The molecule has 0 saturated heterocycles. The van der Waals surface area contributed by atoms with Crippen molar-refractivity contribution in [1.29, 1.82) is 0 Å². The van der Waals surface area contributed by atoms with Crippen LogP contribution >= 0.6 is 11.6 Å². The summed E-state index contributed by atoms with van der Waals surface area (Å²) in [6, 6.07) is 19.1. The van der Waals surface area contributed by atoms with E-state index in [2.05, 4.69) is 4.98 Å². The Hall–Kier alpha value is -4.30. The monoisotopic (exact) mass is 462 g/mol. The molecule has 8 nitrogen and oxygen atoms in total. The van der Waals surface area contributed by atoms with Gasteiger partial charge in [0.25, 0.3) is 5.69 Å². The van der Waals surface area contributed by atoms with Gasteiger partial charge in [-0.15, -0.1) is 0 Å². The van der Waals surface area contributed by atoms with Crippen molar-refractivity contribution in [1.82, 2.24) is 4.98 Å². The van der Waals surface area contributed by atoms with Crippen LogP contribution in [0.2, 0.25) is 5.02 Å². The molecule has 0 bridgehead atoms. The van der Waals surface area contributed by atoms with Gasteiger partial charge < -0.3 is 9.15 Å². The highest BCUT2D eigenvalue weighted by atomic mass is 35.5. The van der Waals surface area contributed by atoms with Gasteiger partial charge in [0, 0.05) is 22.8 Å². The summed E-state index contributed by atoms with van der Waals surface area (Å²) < 4.78 is 10.9. The van der Waals surface area contributed by atoms with Crippen LogP contribution in [-0.2, 0) is 11.3 Å². The third-order valence-corrected chi connectivity index (χ3v) is 5.05. The minimum atomic E-state index is -0.762. The Bertz CT molecular complexity index is 1350. The number of carbonyl (C=O) groups excluding carboxylic acids is 2. The molecule has 0 fully saturated rings. The summed E-state index contributed by atoms with van der Waals surface area (Å²) in [4.78, 5) is 40.3. The molecule has 164 valence electrons. The van der Waals surface area contributed by atoms with Crippen molar-refractivity contribution >= 4 is 29.0 Å². The lowest BCUT2D eigenvalue weighted by atomic mass is 9.98. The maximum absolute atomic E-state index is 13.0. The summed E-state index contributed by atoms with van der Waals surface area (Å²) in [5, 5.41) is 11.0. The third-order valence-electron chi connectivity index (χ3n) is 4.74. The van der Waals surface area contributed by atoms with Gasteiger partial charge >= 0.3 is 5.97 Å². The van der Waals surface area contributed by atoms with Gasteiger partial charge in [0.05, 0.1) is 16.7 Å². The largest absolute Gasteiger partial charge is 0.452 e. The van der Waals surface area contributed by atoms with Gasteiger partial charge in [-0.3, -0.25) is 14.9 Å². The zero-order chi connectivity index (χ0) is 23.4. The summed E-state index contributed by atoms with van der Waals surface area (Å²) in [5.74, 6) is -0.618. The molecule has 0 aliphatic carbocycles. The minimum absolute atomic E-state index is 0.00921. The topological polar surface area (TPSA) is 113 Å². The lowest BCUT2D eigenvalue weighted by Gasteiger charge is -2.08. The Labute approximate surface area is 192 Å². The number of nitro groups is 1. The molecule has 0 spiro atoms. The predicted molar refractivity (Wildman–Crippen MR) is 119 cm³/mol. The summed E-state index contributed by atoms with van der Waals surface area (Å²) in [6.07, 6.45) is 1.53. The number of rotatable bonds is 7. The number of nitrogens with zero attached hydrogens (tertiary/aromatic N) is 2. The van der Waals surface area contributed by atoms with E-state index in [9.17, 15) is 19.7 Å². The van der Waals surface area contributed by atoms with Gasteiger partial charge in [0.1, 0.15) is 5.02 Å². The Kier molecular flexibility index (Phi) is 6.28. The van der Waals surface area contributed by atoms with Crippen LogP contribution in [0.1, 0.15) is 32.2 Å². The first-order valence-corrected chi connectivity index (χ1v) is 10.1. The summed E-state index contributed by atoms with van der Waals surface area (Å²) >= 11 is 5.82. The van der Waals surface area contributed by atoms with E-state index in [1.807, 2.05) is 30.3 Å². The normalized spacial score (nSPS) is 10.6. The van der Waals surface area contributed by atoms with Crippen LogP contribution in [0.3, 0.4) is 0 Å². The first kappa shape index (κ1) is 21.9. The van der Waals surface area contributed by atoms with Gasteiger partial charge in [-0.1, -0.05) is 60.1 Å². The van der Waals surface area contributed by atoms with Crippen LogP contribution < -0.4 is 0 Å². The van der Waals surface area contributed by atoms with Crippen LogP contribution in [0.4, 0.5) is 5.69 Å². The van der Waals surface area contributed by atoms with E-state index in [0.29, 0.717) is 5.76 Å². The number of oxazole rings is 1. The first-order valence-electron chi connectivity index (χ1n) is 9.69. The van der Waals surface area contributed by atoms with Crippen molar-refractivity contribution in [2.75, 3.05) is 0 Å². The molecule has 0 N–H and O–H groups in total. The van der Waals surface area contributed by atoms with E-state index in [0.717, 1.165) is 11.6 Å². The third kappa shape index (κ3) is 4.81. The molecule has 1 aromatic heterocycles. The Morgan fingerprint density at radius 1 is 1.00 bits per heavy atom. The number of benzene rings is 3. The summed E-state index contributed by atoms with van der Waals surface area (Å²) in [5.41, 5.74) is 0.495. The van der Waals surface area contributed by atoms with Crippen LogP contribution in [0.5, 0.6) is 0 Å². The number of hydrogen-bond donors (Lipinski definition) is 0. The van der Waals surface area contributed by atoms with E-state index in [4.69, 9.17) is 20.8 Å². The van der Waals surface area contributed by atoms with Crippen molar-refractivity contribution in [3.8, 4) is 11.3 Å². The van der Waals surface area contributed by atoms with Crippen LogP contribution in [0, 0.1) is 10.1 Å². The highest BCUT2D eigenvalue weighted by molar-refractivity contribution is 6.33. The maximum Gasteiger partial charge on any atom is 0.339 e. The van der Waals surface area contributed by atoms with E-state index < -0.39 is 22.4 Å². The molecule has 0 amide bonds.